The van der Waals surface area contributed by atoms with Gasteiger partial charge in [-0.15, -0.1) is 0 Å². The first-order valence-corrected chi connectivity index (χ1v) is 13.8. The van der Waals surface area contributed by atoms with Gasteiger partial charge in [-0.1, -0.05) is 19.1 Å². The molecule has 2 aliphatic carbocycles. The molecular weight excluding hydrogens is 504 g/mol. The van der Waals surface area contributed by atoms with Crippen molar-refractivity contribution in [2.24, 2.45) is 11.8 Å². The van der Waals surface area contributed by atoms with Crippen molar-refractivity contribution >= 4 is 27.3 Å². The molecule has 0 aliphatic heterocycles. The second kappa shape index (κ2) is 11.4. The molecule has 2 fully saturated rings. The normalized spacial score (nSPS) is 18.8. The molecule has 200 valence electrons. The van der Waals surface area contributed by atoms with E-state index in [0.29, 0.717) is 12.8 Å². The Kier molecular flexibility index (Phi) is 8.92. The van der Waals surface area contributed by atoms with Gasteiger partial charge < -0.3 is 5.32 Å². The Morgan fingerprint density at radius 2 is 1.58 bits per heavy atom. The van der Waals surface area contributed by atoms with Crippen LogP contribution < -0.4 is 10.6 Å². The summed E-state index contributed by atoms with van der Waals surface area (Å²) in [6.07, 6.45) is -1.88. The third kappa shape index (κ3) is 8.36. The number of alkyl halides is 3. The zero-order valence-electron chi connectivity index (χ0n) is 19.8. The molecule has 1 amide bonds. The Bertz CT molecular complexity index is 1070. The topological polar surface area (TPSA) is 109 Å². The summed E-state index contributed by atoms with van der Waals surface area (Å²) in [6.45, 7) is 1.52. The molecule has 0 aromatic heterocycles. The quantitative estimate of drug-likeness (QED) is 0.281. The zero-order chi connectivity index (χ0) is 26.7. The van der Waals surface area contributed by atoms with Crippen molar-refractivity contribution in [3.63, 3.8) is 0 Å². The van der Waals surface area contributed by atoms with Crippen LogP contribution in [0.5, 0.6) is 0 Å². The highest BCUT2D eigenvalue weighted by Crippen LogP contribution is 2.34. The van der Waals surface area contributed by atoms with E-state index >= 15 is 0 Å². The molecule has 0 heterocycles. The van der Waals surface area contributed by atoms with E-state index in [-0.39, 0.29) is 30.4 Å². The molecule has 1 aromatic carbocycles. The second-order valence-electron chi connectivity index (χ2n) is 9.67. The number of hydrogen-bond donors (Lipinski definition) is 2. The maximum absolute atomic E-state index is 13.9. The summed E-state index contributed by atoms with van der Waals surface area (Å²) >= 11 is 0. The molecule has 12 heteroatoms. The molecule has 0 radical (unpaired) electrons. The van der Waals surface area contributed by atoms with Crippen LogP contribution in [-0.4, -0.2) is 55.7 Å². The number of carbonyl (C=O) groups excluding carboxylic acids is 3. The Morgan fingerprint density at radius 3 is 2.08 bits per heavy atom. The zero-order valence-corrected chi connectivity index (χ0v) is 20.6. The lowest BCUT2D eigenvalue weighted by Crippen LogP contribution is -2.55. The fourth-order valence-corrected chi connectivity index (χ4v) is 5.85. The predicted octanol–water partition coefficient (Wildman–Crippen LogP) is 3.05. The van der Waals surface area contributed by atoms with E-state index in [1.165, 1.54) is 6.92 Å². The van der Waals surface area contributed by atoms with Crippen LogP contribution in [0.25, 0.3) is 0 Å². The molecule has 7 nitrogen and oxygen atoms in total. The predicted molar refractivity (Wildman–Crippen MR) is 123 cm³/mol. The second-order valence-corrected chi connectivity index (χ2v) is 11.8. The van der Waals surface area contributed by atoms with E-state index in [2.05, 4.69) is 10.6 Å². The van der Waals surface area contributed by atoms with Crippen molar-refractivity contribution in [1.82, 2.24) is 10.6 Å². The van der Waals surface area contributed by atoms with Crippen molar-refractivity contribution in [1.29, 1.82) is 0 Å². The van der Waals surface area contributed by atoms with Gasteiger partial charge in [-0.25, -0.2) is 12.8 Å². The molecule has 0 spiro atoms. The van der Waals surface area contributed by atoms with Gasteiger partial charge in [-0.05, 0) is 61.6 Å². The molecule has 36 heavy (non-hydrogen) atoms. The molecule has 3 atom stereocenters. The number of carbonyl (C=O) groups is 3. The van der Waals surface area contributed by atoms with Crippen LogP contribution in [0.3, 0.4) is 0 Å². The van der Waals surface area contributed by atoms with Crippen molar-refractivity contribution in [2.45, 2.75) is 69.8 Å². The van der Waals surface area contributed by atoms with Crippen LogP contribution in [0.2, 0.25) is 0 Å². The maximum atomic E-state index is 13.9. The van der Waals surface area contributed by atoms with Crippen molar-refractivity contribution in [2.75, 3.05) is 11.5 Å². The summed E-state index contributed by atoms with van der Waals surface area (Å²) in [5, 5.41) is 4.37. The number of rotatable bonds is 14. The Morgan fingerprint density at radius 1 is 1.00 bits per heavy atom. The van der Waals surface area contributed by atoms with Gasteiger partial charge in [0, 0.05) is 6.42 Å². The molecule has 0 unspecified atom stereocenters. The molecule has 2 aliphatic rings. The fourth-order valence-electron chi connectivity index (χ4n) is 3.91. The molecule has 0 saturated heterocycles. The first kappa shape index (κ1) is 28.2. The first-order chi connectivity index (χ1) is 16.8. The van der Waals surface area contributed by atoms with Crippen molar-refractivity contribution in [3.05, 3.63) is 35.6 Å². The first-order valence-electron chi connectivity index (χ1n) is 11.9. The van der Waals surface area contributed by atoms with E-state index in [1.807, 2.05) is 0 Å². The number of amides is 1. The minimum atomic E-state index is -4.95. The van der Waals surface area contributed by atoms with Gasteiger partial charge in [0.25, 0.3) is 0 Å². The minimum Gasteiger partial charge on any atom is -0.344 e. The minimum absolute atomic E-state index is 0.00316. The van der Waals surface area contributed by atoms with E-state index in [1.54, 1.807) is 0 Å². The van der Waals surface area contributed by atoms with E-state index < -0.39 is 68.7 Å². The van der Waals surface area contributed by atoms with Gasteiger partial charge >= 0.3 is 6.18 Å². The fraction of sp³-hybridized carbons (Fsp3) is 0.625. The third-order valence-electron chi connectivity index (χ3n) is 6.31. The monoisotopic (exact) mass is 534 g/mol. The number of ketones is 2. The summed E-state index contributed by atoms with van der Waals surface area (Å²) in [7, 11) is -3.93. The average molecular weight is 535 g/mol. The van der Waals surface area contributed by atoms with Gasteiger partial charge in [0.1, 0.15) is 17.9 Å². The van der Waals surface area contributed by atoms with Crippen LogP contribution >= 0.6 is 0 Å². The number of nitrogens with one attached hydrogen (secondary N) is 2. The van der Waals surface area contributed by atoms with Crippen LogP contribution in [-0.2, 0) is 24.2 Å². The molecule has 2 saturated carbocycles. The lowest BCUT2D eigenvalue weighted by molar-refractivity contribution is -0.160. The number of hydrogen-bond acceptors (Lipinski definition) is 6. The lowest BCUT2D eigenvalue weighted by atomic mass is 10.0. The average Bonchev–Trinajstić information content (AvgIpc) is 3.72. The van der Waals surface area contributed by atoms with Gasteiger partial charge in [-0.2, -0.15) is 13.2 Å². The van der Waals surface area contributed by atoms with Gasteiger partial charge in [-0.3, -0.25) is 19.7 Å². The SMILES string of the molecule is CC[C@H](NC(=O)[C@H](CS(=O)(=O)CC1CC1)N[C@@H](c1ccc(F)cc1)C(F)(F)F)C(=O)C(=O)CC1CC1. The van der Waals surface area contributed by atoms with Crippen molar-refractivity contribution < 1.29 is 40.4 Å². The van der Waals surface area contributed by atoms with Crippen LogP contribution in [0, 0.1) is 17.7 Å². The third-order valence-corrected chi connectivity index (χ3v) is 8.13. The van der Waals surface area contributed by atoms with Crippen LogP contribution in [0.4, 0.5) is 17.6 Å². The molecule has 3 rings (SSSR count). The van der Waals surface area contributed by atoms with Gasteiger partial charge in [0.15, 0.2) is 9.84 Å². The molecule has 0 bridgehead atoms. The number of benzene rings is 1. The van der Waals surface area contributed by atoms with Gasteiger partial charge in [0.05, 0.1) is 17.5 Å². The standard InChI is InChI=1S/C24H30F4N2O5S/c1-2-18(21(32)20(31)11-14-3-4-14)30-23(33)19(13-36(34,35)12-15-5-6-15)29-22(24(26,27)28)16-7-9-17(25)10-8-16/h7-10,14-15,18-19,22,29H,2-6,11-13H2,1H3,(H,30,33)/t18-,19-,22-/m0/s1. The summed E-state index contributed by atoms with van der Waals surface area (Å²) in [4.78, 5) is 37.9. The smallest absolute Gasteiger partial charge is 0.344 e. The summed E-state index contributed by atoms with van der Waals surface area (Å²) in [5.74, 6) is -4.59. The number of sulfone groups is 1. The van der Waals surface area contributed by atoms with E-state index in [0.717, 1.165) is 37.1 Å². The highest BCUT2D eigenvalue weighted by atomic mass is 32.2. The van der Waals surface area contributed by atoms with Crippen LogP contribution in [0.1, 0.15) is 57.1 Å². The lowest BCUT2D eigenvalue weighted by Gasteiger charge is -2.28. The number of Topliss-reactive ketones (excluding diaryl/α,β-unsaturated/α-hetero) is 2. The largest absolute Gasteiger partial charge is 0.407 e. The Hall–Kier alpha value is -2.34. The van der Waals surface area contributed by atoms with Crippen molar-refractivity contribution in [3.8, 4) is 0 Å². The molecule has 1 aromatic rings. The Labute approximate surface area is 207 Å². The molecule has 2 N–H and O–H groups in total. The molecular formula is C24H30F4N2O5S. The van der Waals surface area contributed by atoms with E-state index in [4.69, 9.17) is 0 Å². The van der Waals surface area contributed by atoms with Gasteiger partial charge in [0.2, 0.25) is 17.5 Å². The Balaban J connectivity index is 1.82. The van der Waals surface area contributed by atoms with E-state index in [9.17, 15) is 40.4 Å². The number of halogens is 4. The summed E-state index contributed by atoms with van der Waals surface area (Å²) in [6, 6.07) is -2.19. The maximum Gasteiger partial charge on any atom is 0.407 e. The summed E-state index contributed by atoms with van der Waals surface area (Å²) in [5.41, 5.74) is -0.413. The van der Waals surface area contributed by atoms with Crippen LogP contribution in [0.15, 0.2) is 24.3 Å². The highest BCUT2D eigenvalue weighted by molar-refractivity contribution is 7.91. The summed E-state index contributed by atoms with van der Waals surface area (Å²) < 4.78 is 80.4. The highest BCUT2D eigenvalue weighted by Gasteiger charge is 2.44.